The van der Waals surface area contributed by atoms with Gasteiger partial charge in [-0.25, -0.2) is 8.78 Å². The number of aryl methyl sites for hydroxylation is 1. The SMILES string of the molecule is CC(C)(C)c1ccc2c(c1)C(=O)N(CC[C@@H](C(=O)O)[C@H](O)CCc1ccc(-c3ccc(F)c(F)c3)cc1)C2=O. The Morgan fingerprint density at radius 2 is 1.49 bits per heavy atom. The second-order valence-corrected chi connectivity index (χ2v) is 10.9. The lowest BCUT2D eigenvalue weighted by Gasteiger charge is -2.22. The van der Waals surface area contributed by atoms with Gasteiger partial charge in [-0.2, -0.15) is 0 Å². The van der Waals surface area contributed by atoms with Gasteiger partial charge in [0, 0.05) is 6.54 Å². The van der Waals surface area contributed by atoms with Crippen molar-refractivity contribution in [3.05, 3.63) is 94.6 Å². The van der Waals surface area contributed by atoms with Crippen LogP contribution in [0.15, 0.2) is 60.7 Å². The standard InChI is InChI=1S/C31H31F2NO5/c1-31(2,3)21-10-11-22-24(17-21)29(37)34(28(22)36)15-14-23(30(38)39)27(35)13-6-18-4-7-19(8-5-18)20-9-12-25(32)26(33)16-20/h4-5,7-12,16-17,23,27,35H,6,13-15H2,1-3H3,(H,38,39)/t23-,27-/m1/s1. The Labute approximate surface area is 225 Å². The maximum Gasteiger partial charge on any atom is 0.309 e. The number of aliphatic hydroxyl groups excluding tert-OH is 1. The Bertz CT molecular complexity index is 1410. The third-order valence-electron chi connectivity index (χ3n) is 7.22. The van der Waals surface area contributed by atoms with E-state index in [1.807, 2.05) is 26.8 Å². The summed E-state index contributed by atoms with van der Waals surface area (Å²) in [4.78, 5) is 38.8. The molecule has 0 saturated heterocycles. The van der Waals surface area contributed by atoms with Crippen LogP contribution < -0.4 is 0 Å². The van der Waals surface area contributed by atoms with Crippen LogP contribution in [0.25, 0.3) is 11.1 Å². The van der Waals surface area contributed by atoms with Crippen molar-refractivity contribution in [2.45, 2.75) is 51.6 Å². The van der Waals surface area contributed by atoms with E-state index in [0.717, 1.165) is 28.2 Å². The summed E-state index contributed by atoms with van der Waals surface area (Å²) in [5.41, 5.74) is 3.37. The highest BCUT2D eigenvalue weighted by Crippen LogP contribution is 2.30. The number of hydrogen-bond acceptors (Lipinski definition) is 4. The van der Waals surface area contributed by atoms with Gasteiger partial charge in [-0.3, -0.25) is 19.3 Å². The number of fused-ring (bicyclic) bond motifs is 1. The predicted octanol–water partition coefficient (Wildman–Crippen LogP) is 5.61. The maximum atomic E-state index is 13.5. The van der Waals surface area contributed by atoms with Crippen molar-refractivity contribution >= 4 is 17.8 Å². The molecule has 8 heteroatoms. The van der Waals surface area contributed by atoms with Gasteiger partial charge in [0.05, 0.1) is 23.1 Å². The molecule has 0 radical (unpaired) electrons. The number of imide groups is 1. The summed E-state index contributed by atoms with van der Waals surface area (Å²) in [6.45, 7) is 5.91. The third-order valence-corrected chi connectivity index (χ3v) is 7.22. The largest absolute Gasteiger partial charge is 0.481 e. The van der Waals surface area contributed by atoms with E-state index in [9.17, 15) is 33.4 Å². The van der Waals surface area contributed by atoms with Crippen LogP contribution in [-0.4, -0.2) is 45.5 Å². The monoisotopic (exact) mass is 535 g/mol. The van der Waals surface area contributed by atoms with Gasteiger partial charge in [-0.15, -0.1) is 0 Å². The summed E-state index contributed by atoms with van der Waals surface area (Å²) in [6.07, 6.45) is -0.746. The van der Waals surface area contributed by atoms with Crippen LogP contribution in [0.4, 0.5) is 8.78 Å². The first kappa shape index (κ1) is 28.1. The van der Waals surface area contributed by atoms with Crippen LogP contribution >= 0.6 is 0 Å². The van der Waals surface area contributed by atoms with Crippen LogP contribution in [0.1, 0.15) is 65.5 Å². The summed E-state index contributed by atoms with van der Waals surface area (Å²) in [6, 6.07) is 15.9. The number of carboxylic acid groups (broad SMARTS) is 1. The van der Waals surface area contributed by atoms with E-state index in [1.165, 1.54) is 6.07 Å². The number of rotatable bonds is 9. The van der Waals surface area contributed by atoms with Crippen molar-refractivity contribution in [3.8, 4) is 11.1 Å². The smallest absolute Gasteiger partial charge is 0.309 e. The van der Waals surface area contributed by atoms with Gasteiger partial charge in [0.2, 0.25) is 0 Å². The van der Waals surface area contributed by atoms with Crippen LogP contribution in [0.2, 0.25) is 0 Å². The van der Waals surface area contributed by atoms with Gasteiger partial charge in [-0.05, 0) is 71.2 Å². The van der Waals surface area contributed by atoms with Crippen molar-refractivity contribution in [2.75, 3.05) is 6.54 Å². The van der Waals surface area contributed by atoms with Gasteiger partial charge in [-0.1, -0.05) is 57.2 Å². The summed E-state index contributed by atoms with van der Waals surface area (Å²) < 4.78 is 26.7. The van der Waals surface area contributed by atoms with Gasteiger partial charge in [0.1, 0.15) is 0 Å². The van der Waals surface area contributed by atoms with E-state index in [1.54, 1.807) is 36.4 Å². The first-order chi connectivity index (χ1) is 18.4. The molecule has 2 N–H and O–H groups in total. The molecule has 1 aliphatic heterocycles. The number of hydrogen-bond donors (Lipinski definition) is 2. The van der Waals surface area contributed by atoms with Crippen LogP contribution in [0, 0.1) is 17.6 Å². The number of carboxylic acids is 1. The molecule has 0 aliphatic carbocycles. The zero-order chi connectivity index (χ0) is 28.5. The lowest BCUT2D eigenvalue weighted by molar-refractivity contribution is -0.146. The highest BCUT2D eigenvalue weighted by molar-refractivity contribution is 6.21. The highest BCUT2D eigenvalue weighted by atomic mass is 19.2. The minimum atomic E-state index is -1.21. The summed E-state index contributed by atoms with van der Waals surface area (Å²) in [5, 5.41) is 20.4. The Morgan fingerprint density at radius 3 is 2.10 bits per heavy atom. The molecule has 1 aliphatic rings. The highest BCUT2D eigenvalue weighted by Gasteiger charge is 2.37. The fourth-order valence-corrected chi connectivity index (χ4v) is 4.76. The van der Waals surface area contributed by atoms with E-state index in [4.69, 9.17) is 0 Å². The molecule has 0 fully saturated rings. The second kappa shape index (κ2) is 11.1. The molecule has 3 aromatic rings. The predicted molar refractivity (Wildman–Crippen MR) is 142 cm³/mol. The minimum absolute atomic E-state index is 0.0802. The Balaban J connectivity index is 1.37. The topological polar surface area (TPSA) is 94.9 Å². The van der Waals surface area contributed by atoms with E-state index in [-0.39, 0.29) is 24.8 Å². The summed E-state index contributed by atoms with van der Waals surface area (Å²) >= 11 is 0. The molecule has 0 bridgehead atoms. The van der Waals surface area contributed by atoms with Gasteiger partial charge in [0.15, 0.2) is 11.6 Å². The first-order valence-electron chi connectivity index (χ1n) is 12.8. The molecule has 1 heterocycles. The van der Waals surface area contributed by atoms with Crippen molar-refractivity contribution in [1.82, 2.24) is 4.90 Å². The van der Waals surface area contributed by atoms with E-state index >= 15 is 0 Å². The molecular formula is C31H31F2NO5. The molecule has 39 heavy (non-hydrogen) atoms. The number of carbonyl (C=O) groups is 3. The minimum Gasteiger partial charge on any atom is -0.481 e. The Kier molecular flexibility index (Phi) is 7.97. The zero-order valence-electron chi connectivity index (χ0n) is 22.1. The first-order valence-corrected chi connectivity index (χ1v) is 12.8. The Hall–Kier alpha value is -3.91. The third kappa shape index (κ3) is 6.06. The number of benzene rings is 3. The van der Waals surface area contributed by atoms with Crippen molar-refractivity contribution in [1.29, 1.82) is 0 Å². The summed E-state index contributed by atoms with van der Waals surface area (Å²) in [5.74, 6) is -5.15. The molecule has 0 unspecified atom stereocenters. The molecule has 4 rings (SSSR count). The quantitative estimate of drug-likeness (QED) is 0.348. The average Bonchev–Trinajstić information content (AvgIpc) is 3.13. The zero-order valence-corrected chi connectivity index (χ0v) is 22.1. The van der Waals surface area contributed by atoms with E-state index in [2.05, 4.69) is 0 Å². The molecule has 2 atom stereocenters. The molecule has 0 aromatic heterocycles. The number of amides is 2. The second-order valence-electron chi connectivity index (χ2n) is 10.9. The molecule has 2 amide bonds. The van der Waals surface area contributed by atoms with Gasteiger partial charge < -0.3 is 10.2 Å². The lowest BCUT2D eigenvalue weighted by Crippen LogP contribution is -2.36. The molecule has 0 saturated carbocycles. The molecule has 204 valence electrons. The van der Waals surface area contributed by atoms with Gasteiger partial charge in [0.25, 0.3) is 11.8 Å². The van der Waals surface area contributed by atoms with E-state index in [0.29, 0.717) is 28.7 Å². The molecule has 3 aromatic carbocycles. The van der Waals surface area contributed by atoms with Gasteiger partial charge >= 0.3 is 5.97 Å². The van der Waals surface area contributed by atoms with E-state index < -0.39 is 41.4 Å². The molecule has 0 spiro atoms. The molecular weight excluding hydrogens is 504 g/mol. The van der Waals surface area contributed by atoms with Crippen molar-refractivity contribution < 1.29 is 33.4 Å². The van der Waals surface area contributed by atoms with Crippen LogP contribution in [0.5, 0.6) is 0 Å². The fraction of sp³-hybridized carbons (Fsp3) is 0.323. The van der Waals surface area contributed by atoms with Crippen LogP contribution in [-0.2, 0) is 16.6 Å². The number of halogens is 2. The Morgan fingerprint density at radius 1 is 0.846 bits per heavy atom. The fourth-order valence-electron chi connectivity index (χ4n) is 4.76. The normalized spacial score (nSPS) is 14.9. The van der Waals surface area contributed by atoms with Crippen LogP contribution in [0.3, 0.4) is 0 Å². The number of nitrogens with zero attached hydrogens (tertiary/aromatic N) is 1. The van der Waals surface area contributed by atoms with Crippen molar-refractivity contribution in [2.24, 2.45) is 5.92 Å². The van der Waals surface area contributed by atoms with Crippen molar-refractivity contribution in [3.63, 3.8) is 0 Å². The molecule has 6 nitrogen and oxygen atoms in total. The summed E-state index contributed by atoms with van der Waals surface area (Å²) in [7, 11) is 0. The maximum absolute atomic E-state index is 13.5. The average molecular weight is 536 g/mol. The number of aliphatic hydroxyl groups is 1. The number of carbonyl (C=O) groups excluding carboxylic acids is 2. The number of aliphatic carboxylic acids is 1. The lowest BCUT2D eigenvalue weighted by atomic mass is 9.85.